The Hall–Kier alpha value is -1.51. The van der Waals surface area contributed by atoms with Crippen LogP contribution in [0.15, 0.2) is 18.2 Å². The van der Waals surface area contributed by atoms with Crippen LogP contribution in [0.4, 0.5) is 13.2 Å². The van der Waals surface area contributed by atoms with Gasteiger partial charge in [-0.3, -0.25) is 5.32 Å². The molecule has 5 heteroatoms. The van der Waals surface area contributed by atoms with Crippen molar-refractivity contribution in [3.63, 3.8) is 0 Å². The molecule has 2 atom stereocenters. The average molecular weight is 257 g/mol. The van der Waals surface area contributed by atoms with E-state index in [-0.39, 0.29) is 5.56 Å². The van der Waals surface area contributed by atoms with Crippen LogP contribution < -0.4 is 5.32 Å². The molecule has 1 unspecified atom stereocenters. The fourth-order valence-corrected chi connectivity index (χ4v) is 1.74. The summed E-state index contributed by atoms with van der Waals surface area (Å²) in [6.07, 6.45) is -0.0392. The molecule has 0 aromatic heterocycles. The summed E-state index contributed by atoms with van der Waals surface area (Å²) in [5.41, 5.74) is -0.304. The van der Waals surface area contributed by atoms with Crippen LogP contribution in [-0.2, 0) is 6.18 Å². The van der Waals surface area contributed by atoms with Crippen molar-refractivity contribution in [2.75, 3.05) is 0 Å². The van der Waals surface area contributed by atoms with Gasteiger partial charge in [0.05, 0.1) is 11.6 Å². The number of nitrogens with one attached hydrogen (secondary N) is 1. The molecular formula is C13H14F3NO. The molecule has 0 saturated heterocycles. The van der Waals surface area contributed by atoms with E-state index in [1.54, 1.807) is 0 Å². The SMILES string of the molecule is C#C[C@@H](NC(C)O)c1cccc(C(F)(F)F)c1C. The van der Waals surface area contributed by atoms with E-state index in [1.165, 1.54) is 26.0 Å². The number of halogens is 3. The number of aliphatic hydroxyl groups excluding tert-OH is 1. The lowest BCUT2D eigenvalue weighted by molar-refractivity contribution is -0.138. The zero-order valence-electron chi connectivity index (χ0n) is 10.0. The predicted octanol–water partition coefficient (Wildman–Crippen LogP) is 2.62. The van der Waals surface area contributed by atoms with Crippen LogP contribution in [-0.4, -0.2) is 11.3 Å². The van der Waals surface area contributed by atoms with Gasteiger partial charge in [-0.15, -0.1) is 6.42 Å². The molecule has 0 heterocycles. The first-order valence-corrected chi connectivity index (χ1v) is 5.34. The average Bonchev–Trinajstić information content (AvgIpc) is 2.24. The van der Waals surface area contributed by atoms with Gasteiger partial charge in [-0.1, -0.05) is 18.1 Å². The molecule has 0 fully saturated rings. The molecule has 98 valence electrons. The van der Waals surface area contributed by atoms with E-state index in [0.717, 1.165) is 6.07 Å². The minimum Gasteiger partial charge on any atom is -0.379 e. The van der Waals surface area contributed by atoms with E-state index in [2.05, 4.69) is 11.2 Å². The molecule has 0 aliphatic heterocycles. The molecule has 0 aliphatic carbocycles. The molecule has 18 heavy (non-hydrogen) atoms. The molecule has 1 aromatic carbocycles. The first-order valence-electron chi connectivity index (χ1n) is 5.34. The number of terminal acetylenes is 1. The summed E-state index contributed by atoms with van der Waals surface area (Å²) in [5, 5.41) is 11.8. The highest BCUT2D eigenvalue weighted by molar-refractivity contribution is 5.40. The van der Waals surface area contributed by atoms with Crippen molar-refractivity contribution in [2.45, 2.75) is 32.3 Å². The summed E-state index contributed by atoms with van der Waals surface area (Å²) in [6.45, 7) is 2.82. The Balaban J connectivity index is 3.22. The second-order valence-corrected chi connectivity index (χ2v) is 3.96. The lowest BCUT2D eigenvalue weighted by Gasteiger charge is -2.20. The molecule has 2 nitrogen and oxygen atoms in total. The third-order valence-corrected chi connectivity index (χ3v) is 2.57. The largest absolute Gasteiger partial charge is 0.416 e. The van der Waals surface area contributed by atoms with E-state index in [9.17, 15) is 18.3 Å². The maximum absolute atomic E-state index is 12.7. The summed E-state index contributed by atoms with van der Waals surface area (Å²) in [7, 11) is 0. The predicted molar refractivity (Wildman–Crippen MR) is 62.6 cm³/mol. The van der Waals surface area contributed by atoms with Crippen LogP contribution in [0.3, 0.4) is 0 Å². The highest BCUT2D eigenvalue weighted by atomic mass is 19.4. The number of hydrogen-bond donors (Lipinski definition) is 2. The minimum atomic E-state index is -4.41. The highest BCUT2D eigenvalue weighted by Gasteiger charge is 2.33. The van der Waals surface area contributed by atoms with Crippen molar-refractivity contribution in [3.8, 4) is 12.3 Å². The molecule has 1 rings (SSSR count). The Morgan fingerprint density at radius 2 is 2.00 bits per heavy atom. The van der Waals surface area contributed by atoms with E-state index in [4.69, 9.17) is 6.42 Å². The van der Waals surface area contributed by atoms with Crippen LogP contribution in [0.25, 0.3) is 0 Å². The summed E-state index contributed by atoms with van der Waals surface area (Å²) in [6, 6.07) is 3.07. The van der Waals surface area contributed by atoms with E-state index >= 15 is 0 Å². The molecule has 0 amide bonds. The quantitative estimate of drug-likeness (QED) is 0.644. The third kappa shape index (κ3) is 3.25. The second kappa shape index (κ2) is 5.42. The topological polar surface area (TPSA) is 32.3 Å². The van der Waals surface area contributed by atoms with Gasteiger partial charge in [-0.25, -0.2) is 0 Å². The molecule has 0 spiro atoms. The van der Waals surface area contributed by atoms with Crippen molar-refractivity contribution in [1.29, 1.82) is 0 Å². The van der Waals surface area contributed by atoms with Gasteiger partial charge in [0, 0.05) is 0 Å². The number of rotatable bonds is 3. The fraction of sp³-hybridized carbons (Fsp3) is 0.385. The Labute approximate surface area is 104 Å². The van der Waals surface area contributed by atoms with Gasteiger partial charge in [-0.2, -0.15) is 13.2 Å². The zero-order chi connectivity index (χ0) is 13.9. The number of aliphatic hydroxyl groups is 1. The summed E-state index contributed by atoms with van der Waals surface area (Å²) in [4.78, 5) is 0. The molecule has 0 aliphatic rings. The first kappa shape index (κ1) is 14.6. The maximum atomic E-state index is 12.7. The van der Waals surface area contributed by atoms with E-state index in [1.807, 2.05) is 0 Å². The lowest BCUT2D eigenvalue weighted by Crippen LogP contribution is -2.30. The van der Waals surface area contributed by atoms with E-state index < -0.39 is 24.0 Å². The van der Waals surface area contributed by atoms with Gasteiger partial charge in [0.25, 0.3) is 0 Å². The third-order valence-electron chi connectivity index (χ3n) is 2.57. The van der Waals surface area contributed by atoms with Gasteiger partial charge in [0.15, 0.2) is 0 Å². The highest BCUT2D eigenvalue weighted by Crippen LogP contribution is 2.34. The molecule has 0 bridgehead atoms. The van der Waals surface area contributed by atoms with Crippen LogP contribution in [0.2, 0.25) is 0 Å². The van der Waals surface area contributed by atoms with Crippen LogP contribution in [0.1, 0.15) is 29.7 Å². The van der Waals surface area contributed by atoms with Crippen LogP contribution >= 0.6 is 0 Å². The molecule has 0 saturated carbocycles. The summed E-state index contributed by atoms with van der Waals surface area (Å²) in [5.74, 6) is 2.33. The van der Waals surface area contributed by atoms with Gasteiger partial charge >= 0.3 is 6.18 Å². The van der Waals surface area contributed by atoms with Crippen molar-refractivity contribution >= 4 is 0 Å². The van der Waals surface area contributed by atoms with Crippen molar-refractivity contribution in [2.24, 2.45) is 0 Å². The van der Waals surface area contributed by atoms with Crippen molar-refractivity contribution in [3.05, 3.63) is 34.9 Å². The lowest BCUT2D eigenvalue weighted by atomic mass is 9.96. The molecule has 1 aromatic rings. The Kier molecular flexibility index (Phi) is 4.38. The van der Waals surface area contributed by atoms with Crippen LogP contribution in [0.5, 0.6) is 0 Å². The number of benzene rings is 1. The molecular weight excluding hydrogens is 243 g/mol. The number of alkyl halides is 3. The minimum absolute atomic E-state index is 0.0705. The van der Waals surface area contributed by atoms with Crippen molar-refractivity contribution < 1.29 is 18.3 Å². The first-order chi connectivity index (χ1) is 8.27. The van der Waals surface area contributed by atoms with E-state index in [0.29, 0.717) is 5.56 Å². The van der Waals surface area contributed by atoms with Gasteiger partial charge in [0.2, 0.25) is 0 Å². The fourth-order valence-electron chi connectivity index (χ4n) is 1.74. The van der Waals surface area contributed by atoms with Gasteiger partial charge < -0.3 is 5.11 Å². The zero-order valence-corrected chi connectivity index (χ0v) is 10.0. The summed E-state index contributed by atoms with van der Waals surface area (Å²) >= 11 is 0. The molecule has 0 radical (unpaired) electrons. The maximum Gasteiger partial charge on any atom is 0.416 e. The smallest absolute Gasteiger partial charge is 0.379 e. The number of hydrogen-bond acceptors (Lipinski definition) is 2. The Morgan fingerprint density at radius 3 is 2.44 bits per heavy atom. The van der Waals surface area contributed by atoms with Gasteiger partial charge in [-0.05, 0) is 31.0 Å². The van der Waals surface area contributed by atoms with Gasteiger partial charge in [0.1, 0.15) is 6.23 Å². The standard InChI is InChI=1S/C13H14F3NO/c1-4-12(17-9(3)18)10-6-5-7-11(8(10)2)13(14,15)16/h1,5-7,9,12,17-18H,2-3H3/t9?,12-/m1/s1. The Bertz CT molecular complexity index is 460. The van der Waals surface area contributed by atoms with Crippen molar-refractivity contribution in [1.82, 2.24) is 5.32 Å². The second-order valence-electron chi connectivity index (χ2n) is 3.96. The normalized spacial score (nSPS) is 14.9. The Morgan fingerprint density at radius 1 is 1.39 bits per heavy atom. The summed E-state index contributed by atoms with van der Waals surface area (Å²) < 4.78 is 38.2. The molecule has 2 N–H and O–H groups in total. The van der Waals surface area contributed by atoms with Crippen LogP contribution in [0, 0.1) is 19.3 Å². The monoisotopic (exact) mass is 257 g/mol.